The number of anilines is 1. The number of hydrogen-bond donors (Lipinski definition) is 1. The van der Waals surface area contributed by atoms with Gasteiger partial charge in [-0.1, -0.05) is 29.3 Å². The minimum Gasteiger partial charge on any atom is -0.471 e. The molecule has 2 heterocycles. The average Bonchev–Trinajstić information content (AvgIpc) is 3.39. The van der Waals surface area contributed by atoms with Gasteiger partial charge < -0.3 is 4.74 Å². The molecule has 1 amide bonds. The normalized spacial score (nSPS) is 10.8. The second kappa shape index (κ2) is 9.15. The third kappa shape index (κ3) is 5.19. The zero-order valence-corrected chi connectivity index (χ0v) is 17.4. The second-order valence-corrected chi connectivity index (χ2v) is 7.24. The Bertz CT molecular complexity index is 1210. The zero-order chi connectivity index (χ0) is 21.8. The first kappa shape index (κ1) is 20.8. The van der Waals surface area contributed by atoms with Crippen LogP contribution in [0.15, 0.2) is 61.1 Å². The summed E-state index contributed by atoms with van der Waals surface area (Å²) in [5, 5.41) is 11.8. The van der Waals surface area contributed by atoms with Gasteiger partial charge in [-0.15, -0.1) is 5.10 Å². The molecule has 0 bridgehead atoms. The van der Waals surface area contributed by atoms with Crippen LogP contribution < -0.4 is 10.1 Å². The summed E-state index contributed by atoms with van der Waals surface area (Å²) in [7, 11) is 0. The molecule has 0 aliphatic rings. The number of carbonyl (C=O) groups is 1. The number of amides is 1. The molecule has 31 heavy (non-hydrogen) atoms. The molecule has 8 nitrogen and oxygen atoms in total. The molecular weight excluding hydrogens is 446 g/mol. The van der Waals surface area contributed by atoms with Crippen LogP contribution in [0.1, 0.15) is 16.1 Å². The monoisotopic (exact) mass is 460 g/mol. The topological polar surface area (TPSA) is 86.9 Å². The van der Waals surface area contributed by atoms with Gasteiger partial charge in [-0.2, -0.15) is 5.10 Å². The number of halogens is 3. The Hall–Kier alpha value is -3.43. The second-order valence-electron chi connectivity index (χ2n) is 6.40. The standard InChI is InChI=1S/C20H15Cl2FN6O2/c21-14-2-5-16(6-3-14)31-12-29-18(7-8-25-29)19(30)26-20-24-11-28(27-20)10-13-1-4-15(23)9-17(13)22/h1-9,11H,10,12H2,(H,26,27,30). The van der Waals surface area contributed by atoms with Crippen LogP contribution in [-0.2, 0) is 13.3 Å². The van der Waals surface area contributed by atoms with E-state index < -0.39 is 11.7 Å². The Morgan fingerprint density at radius 2 is 1.94 bits per heavy atom. The lowest BCUT2D eigenvalue weighted by atomic mass is 10.2. The van der Waals surface area contributed by atoms with E-state index in [4.69, 9.17) is 27.9 Å². The lowest BCUT2D eigenvalue weighted by molar-refractivity contribution is 0.100. The van der Waals surface area contributed by atoms with Gasteiger partial charge in [0.05, 0.1) is 6.54 Å². The Balaban J connectivity index is 1.39. The van der Waals surface area contributed by atoms with Crippen molar-refractivity contribution in [3.63, 3.8) is 0 Å². The lowest BCUT2D eigenvalue weighted by Gasteiger charge is -2.09. The molecule has 2 aromatic carbocycles. The van der Waals surface area contributed by atoms with E-state index in [0.29, 0.717) is 16.3 Å². The number of aromatic nitrogens is 5. The van der Waals surface area contributed by atoms with Crippen LogP contribution >= 0.6 is 23.2 Å². The van der Waals surface area contributed by atoms with Crippen molar-refractivity contribution >= 4 is 35.1 Å². The summed E-state index contributed by atoms with van der Waals surface area (Å²) in [6.45, 7) is 0.303. The van der Waals surface area contributed by atoms with Crippen LogP contribution in [0.25, 0.3) is 0 Å². The first-order valence-electron chi connectivity index (χ1n) is 9.03. The van der Waals surface area contributed by atoms with Gasteiger partial charge in [-0.3, -0.25) is 10.1 Å². The van der Waals surface area contributed by atoms with E-state index in [-0.39, 0.29) is 29.9 Å². The number of hydrogen-bond acceptors (Lipinski definition) is 5. The van der Waals surface area contributed by atoms with Crippen molar-refractivity contribution in [3.8, 4) is 5.75 Å². The first-order valence-corrected chi connectivity index (χ1v) is 9.78. The Morgan fingerprint density at radius 3 is 2.71 bits per heavy atom. The van der Waals surface area contributed by atoms with Crippen LogP contribution in [-0.4, -0.2) is 30.5 Å². The highest BCUT2D eigenvalue weighted by Crippen LogP contribution is 2.19. The average molecular weight is 461 g/mol. The molecule has 158 valence electrons. The number of nitrogens with zero attached hydrogens (tertiary/aromatic N) is 5. The fourth-order valence-electron chi connectivity index (χ4n) is 2.71. The Morgan fingerprint density at radius 1 is 1.13 bits per heavy atom. The van der Waals surface area contributed by atoms with Crippen LogP contribution in [0.3, 0.4) is 0 Å². The highest BCUT2D eigenvalue weighted by atomic mass is 35.5. The van der Waals surface area contributed by atoms with E-state index in [1.54, 1.807) is 36.4 Å². The van der Waals surface area contributed by atoms with Gasteiger partial charge in [0.1, 0.15) is 23.6 Å². The summed E-state index contributed by atoms with van der Waals surface area (Å²) < 4.78 is 21.7. The van der Waals surface area contributed by atoms with Crippen molar-refractivity contribution in [2.45, 2.75) is 13.3 Å². The highest BCUT2D eigenvalue weighted by molar-refractivity contribution is 6.31. The van der Waals surface area contributed by atoms with E-state index in [2.05, 4.69) is 20.5 Å². The van der Waals surface area contributed by atoms with Gasteiger partial charge >= 0.3 is 0 Å². The van der Waals surface area contributed by atoms with Gasteiger partial charge in [0, 0.05) is 16.2 Å². The Labute approximate surface area is 186 Å². The fraction of sp³-hybridized carbons (Fsp3) is 0.100. The summed E-state index contributed by atoms with van der Waals surface area (Å²) in [6, 6.07) is 12.5. The van der Waals surface area contributed by atoms with Crippen molar-refractivity contribution in [3.05, 3.63) is 88.2 Å². The summed E-state index contributed by atoms with van der Waals surface area (Å²) in [5.74, 6) is -0.174. The molecule has 4 aromatic rings. The molecule has 0 spiro atoms. The van der Waals surface area contributed by atoms with Crippen LogP contribution in [0.2, 0.25) is 10.0 Å². The largest absolute Gasteiger partial charge is 0.471 e. The number of carbonyl (C=O) groups excluding carboxylic acids is 1. The molecule has 2 aromatic heterocycles. The molecular formula is C20H15Cl2FN6O2. The van der Waals surface area contributed by atoms with Crippen molar-refractivity contribution in [1.29, 1.82) is 0 Å². The van der Waals surface area contributed by atoms with E-state index in [9.17, 15) is 9.18 Å². The van der Waals surface area contributed by atoms with Crippen molar-refractivity contribution in [2.24, 2.45) is 0 Å². The van der Waals surface area contributed by atoms with Gasteiger partial charge in [-0.05, 0) is 48.0 Å². The van der Waals surface area contributed by atoms with Crippen LogP contribution in [0.4, 0.5) is 10.3 Å². The summed E-state index contributed by atoms with van der Waals surface area (Å²) in [6.07, 6.45) is 2.93. The SMILES string of the molecule is O=C(Nc1ncn(Cc2ccc(F)cc2Cl)n1)c1ccnn1COc1ccc(Cl)cc1. The molecule has 0 atom stereocenters. The van der Waals surface area contributed by atoms with Crippen molar-refractivity contribution < 1.29 is 13.9 Å². The lowest BCUT2D eigenvalue weighted by Crippen LogP contribution is -2.20. The maximum Gasteiger partial charge on any atom is 0.276 e. The van der Waals surface area contributed by atoms with Gasteiger partial charge in [0.25, 0.3) is 5.91 Å². The molecule has 0 saturated carbocycles. The summed E-state index contributed by atoms with van der Waals surface area (Å²) >= 11 is 11.9. The molecule has 0 aliphatic carbocycles. The third-order valence-corrected chi connectivity index (χ3v) is 4.83. The summed E-state index contributed by atoms with van der Waals surface area (Å²) in [5.41, 5.74) is 0.940. The van der Waals surface area contributed by atoms with Crippen LogP contribution in [0.5, 0.6) is 5.75 Å². The predicted octanol–water partition coefficient (Wildman–Crippen LogP) is 4.26. The van der Waals surface area contributed by atoms with Crippen LogP contribution in [0, 0.1) is 5.82 Å². The highest BCUT2D eigenvalue weighted by Gasteiger charge is 2.15. The number of rotatable bonds is 7. The van der Waals surface area contributed by atoms with Crippen molar-refractivity contribution in [1.82, 2.24) is 24.5 Å². The molecule has 4 rings (SSSR count). The van der Waals surface area contributed by atoms with E-state index in [1.807, 2.05) is 0 Å². The molecule has 0 fully saturated rings. The van der Waals surface area contributed by atoms with Gasteiger partial charge in [0.15, 0.2) is 6.73 Å². The molecule has 11 heteroatoms. The van der Waals surface area contributed by atoms with E-state index in [1.165, 1.54) is 34.0 Å². The Kier molecular flexibility index (Phi) is 6.15. The predicted molar refractivity (Wildman–Crippen MR) is 113 cm³/mol. The van der Waals surface area contributed by atoms with Crippen molar-refractivity contribution in [2.75, 3.05) is 5.32 Å². The molecule has 0 radical (unpaired) electrons. The summed E-state index contributed by atoms with van der Waals surface area (Å²) in [4.78, 5) is 16.7. The van der Waals surface area contributed by atoms with Gasteiger partial charge in [-0.25, -0.2) is 18.7 Å². The van der Waals surface area contributed by atoms with Gasteiger partial charge in [0.2, 0.25) is 5.95 Å². The smallest absolute Gasteiger partial charge is 0.276 e. The first-order chi connectivity index (χ1) is 15.0. The molecule has 0 saturated heterocycles. The minimum absolute atomic E-state index is 0.0301. The fourth-order valence-corrected chi connectivity index (χ4v) is 3.07. The quantitative estimate of drug-likeness (QED) is 0.445. The maximum atomic E-state index is 13.2. The maximum absolute atomic E-state index is 13.2. The minimum atomic E-state index is -0.449. The molecule has 1 N–H and O–H groups in total. The third-order valence-electron chi connectivity index (χ3n) is 4.23. The number of nitrogens with one attached hydrogen (secondary N) is 1. The number of benzene rings is 2. The van der Waals surface area contributed by atoms with E-state index >= 15 is 0 Å². The van der Waals surface area contributed by atoms with E-state index in [0.717, 1.165) is 0 Å². The molecule has 0 aliphatic heterocycles. The number of ether oxygens (including phenoxy) is 1. The zero-order valence-electron chi connectivity index (χ0n) is 15.9. The molecule has 0 unspecified atom stereocenters.